The number of hydrogen-bond acceptors (Lipinski definition) is 2. The lowest BCUT2D eigenvalue weighted by atomic mass is 9.51. The molecule has 98 valence electrons. The summed E-state index contributed by atoms with van der Waals surface area (Å²) in [5.74, 6) is 1.77. The van der Waals surface area contributed by atoms with E-state index >= 15 is 0 Å². The van der Waals surface area contributed by atoms with Gasteiger partial charge in [-0.3, -0.25) is 0 Å². The average Bonchev–Trinajstić information content (AvgIpc) is 2.49. The zero-order valence-electron chi connectivity index (χ0n) is 11.6. The van der Waals surface area contributed by atoms with Gasteiger partial charge in [-0.2, -0.15) is 0 Å². The fraction of sp³-hybridized carbons (Fsp3) is 0.200. The monoisotopic (exact) mass is 256 g/mol. The summed E-state index contributed by atoms with van der Waals surface area (Å²) in [7, 11) is 5.45. The Bertz CT molecular complexity index is 463. The van der Waals surface area contributed by atoms with Crippen molar-refractivity contribution >= 4 is 17.8 Å². The summed E-state index contributed by atoms with van der Waals surface area (Å²) >= 11 is 0. The molecule has 0 atom stereocenters. The minimum atomic E-state index is 0.289. The molecule has 3 nitrogen and oxygen atoms in total. The van der Waals surface area contributed by atoms with Crippen molar-refractivity contribution in [3.05, 3.63) is 48.5 Å². The first kappa shape index (κ1) is 13.5. The van der Waals surface area contributed by atoms with Crippen LogP contribution in [0.1, 0.15) is 0 Å². The van der Waals surface area contributed by atoms with Crippen molar-refractivity contribution in [2.45, 2.75) is 0 Å². The van der Waals surface area contributed by atoms with Crippen molar-refractivity contribution in [2.75, 3.05) is 21.3 Å². The highest BCUT2D eigenvalue weighted by Gasteiger charge is 2.25. The summed E-state index contributed by atoms with van der Waals surface area (Å²) < 4.78 is 10.4. The molecular weight excluding hydrogens is 237 g/mol. The molecule has 0 radical (unpaired) electrons. The van der Waals surface area contributed by atoms with Gasteiger partial charge >= 0.3 is 6.85 Å². The van der Waals surface area contributed by atoms with Gasteiger partial charge in [0, 0.05) is 7.05 Å². The van der Waals surface area contributed by atoms with Crippen LogP contribution < -0.4 is 25.6 Å². The first-order valence-corrected chi connectivity index (χ1v) is 6.36. The molecule has 0 saturated heterocycles. The standard InChI is InChI=1S/C15H18BNO2/c1-17-16(12-4-8-14(18-2)9-5-12)13-6-10-15(19-3)11-7-13/h4-11,17H,1-3H3/p+1. The second kappa shape index (κ2) is 6.30. The second-order valence-corrected chi connectivity index (χ2v) is 4.36. The van der Waals surface area contributed by atoms with E-state index in [1.807, 2.05) is 24.3 Å². The lowest BCUT2D eigenvalue weighted by Gasteiger charge is -2.09. The Kier molecular flexibility index (Phi) is 4.47. The van der Waals surface area contributed by atoms with Crippen LogP contribution in [0, 0.1) is 0 Å². The maximum absolute atomic E-state index is 5.19. The van der Waals surface area contributed by atoms with Crippen LogP contribution in [0.25, 0.3) is 0 Å². The average molecular weight is 256 g/mol. The molecule has 19 heavy (non-hydrogen) atoms. The van der Waals surface area contributed by atoms with Gasteiger partial charge in [-0.05, 0) is 35.2 Å². The van der Waals surface area contributed by atoms with E-state index in [-0.39, 0.29) is 6.85 Å². The normalized spacial score (nSPS) is 10.1. The molecule has 0 heterocycles. The Morgan fingerprint density at radius 3 is 1.37 bits per heavy atom. The van der Waals surface area contributed by atoms with Gasteiger partial charge in [-0.1, -0.05) is 24.3 Å². The van der Waals surface area contributed by atoms with E-state index in [0.717, 1.165) is 11.5 Å². The van der Waals surface area contributed by atoms with Crippen LogP contribution in [-0.4, -0.2) is 28.1 Å². The van der Waals surface area contributed by atoms with Gasteiger partial charge in [0.1, 0.15) is 11.5 Å². The van der Waals surface area contributed by atoms with E-state index in [0.29, 0.717) is 0 Å². The number of methoxy groups -OCH3 is 2. The van der Waals surface area contributed by atoms with E-state index < -0.39 is 0 Å². The Labute approximate surface area is 114 Å². The third-order valence-electron chi connectivity index (χ3n) is 3.28. The third-order valence-corrected chi connectivity index (χ3v) is 3.28. The topological polar surface area (TPSA) is 35.1 Å². The van der Waals surface area contributed by atoms with Gasteiger partial charge in [-0.25, -0.2) is 0 Å². The second-order valence-electron chi connectivity index (χ2n) is 4.36. The van der Waals surface area contributed by atoms with Gasteiger partial charge in [-0.15, -0.1) is 0 Å². The van der Waals surface area contributed by atoms with E-state index in [1.54, 1.807) is 14.2 Å². The van der Waals surface area contributed by atoms with Crippen LogP contribution >= 0.6 is 0 Å². The highest BCUT2D eigenvalue weighted by Crippen LogP contribution is 2.07. The predicted octanol–water partition coefficient (Wildman–Crippen LogP) is 0.00270. The molecule has 0 spiro atoms. The fourth-order valence-electron chi connectivity index (χ4n) is 2.20. The molecule has 0 unspecified atom stereocenters. The molecular formula is C15H19BNO2+. The van der Waals surface area contributed by atoms with Crippen LogP contribution in [0.5, 0.6) is 11.5 Å². The molecule has 0 aliphatic rings. The lowest BCUT2D eigenvalue weighted by Crippen LogP contribution is -2.96. The lowest BCUT2D eigenvalue weighted by molar-refractivity contribution is -0.483. The van der Waals surface area contributed by atoms with Crippen LogP contribution in [0.4, 0.5) is 0 Å². The van der Waals surface area contributed by atoms with Crippen molar-refractivity contribution in [3.63, 3.8) is 0 Å². The van der Waals surface area contributed by atoms with Gasteiger partial charge < -0.3 is 14.7 Å². The van der Waals surface area contributed by atoms with E-state index in [1.165, 1.54) is 10.9 Å². The van der Waals surface area contributed by atoms with Crippen molar-refractivity contribution in [2.24, 2.45) is 0 Å². The van der Waals surface area contributed by atoms with Crippen molar-refractivity contribution in [1.29, 1.82) is 0 Å². The Hall–Kier alpha value is -1.94. The highest BCUT2D eigenvalue weighted by atomic mass is 16.5. The molecule has 0 saturated carbocycles. The predicted molar refractivity (Wildman–Crippen MR) is 78.9 cm³/mol. The smallest absolute Gasteiger partial charge is 0.472 e. The van der Waals surface area contributed by atoms with Crippen molar-refractivity contribution in [1.82, 2.24) is 0 Å². The molecule has 4 heteroatoms. The zero-order valence-corrected chi connectivity index (χ0v) is 11.6. The largest absolute Gasteiger partial charge is 0.497 e. The van der Waals surface area contributed by atoms with E-state index in [4.69, 9.17) is 9.47 Å². The zero-order chi connectivity index (χ0) is 13.7. The maximum atomic E-state index is 5.19. The molecule has 2 aromatic rings. The molecule has 0 amide bonds. The van der Waals surface area contributed by atoms with E-state index in [2.05, 4.69) is 36.5 Å². The van der Waals surface area contributed by atoms with Gasteiger partial charge in [0.05, 0.1) is 14.2 Å². The van der Waals surface area contributed by atoms with Gasteiger partial charge in [0.2, 0.25) is 0 Å². The van der Waals surface area contributed by atoms with Crippen LogP contribution in [0.2, 0.25) is 0 Å². The molecule has 2 rings (SSSR count). The van der Waals surface area contributed by atoms with E-state index in [9.17, 15) is 0 Å². The minimum absolute atomic E-state index is 0.289. The molecule has 0 aromatic heterocycles. The first-order chi connectivity index (χ1) is 9.28. The Morgan fingerprint density at radius 2 is 1.11 bits per heavy atom. The van der Waals surface area contributed by atoms with Gasteiger partial charge in [0.25, 0.3) is 0 Å². The molecule has 0 fully saturated rings. The number of hydrogen-bond donors (Lipinski definition) is 1. The summed E-state index contributed by atoms with van der Waals surface area (Å²) in [4.78, 5) is 0. The molecule has 2 N–H and O–H groups in total. The number of quaternary nitrogens is 1. The van der Waals surface area contributed by atoms with Crippen molar-refractivity contribution in [3.8, 4) is 11.5 Å². The van der Waals surface area contributed by atoms with Crippen LogP contribution in [0.3, 0.4) is 0 Å². The molecule has 0 aliphatic carbocycles. The highest BCUT2D eigenvalue weighted by molar-refractivity contribution is 6.77. The van der Waals surface area contributed by atoms with Crippen LogP contribution in [0.15, 0.2) is 48.5 Å². The van der Waals surface area contributed by atoms with Gasteiger partial charge in [0.15, 0.2) is 0 Å². The van der Waals surface area contributed by atoms with Crippen molar-refractivity contribution < 1.29 is 14.7 Å². The Balaban J connectivity index is 2.26. The fourth-order valence-corrected chi connectivity index (χ4v) is 2.20. The summed E-state index contributed by atoms with van der Waals surface area (Å²) in [5.41, 5.74) is 2.52. The summed E-state index contributed by atoms with van der Waals surface area (Å²) in [6, 6.07) is 16.4. The minimum Gasteiger partial charge on any atom is -0.497 e. The molecule has 2 aromatic carbocycles. The quantitative estimate of drug-likeness (QED) is 0.764. The number of benzene rings is 2. The number of rotatable bonds is 5. The SMILES string of the molecule is C[NH2+]B(c1ccc(OC)cc1)c1ccc(OC)cc1. The van der Waals surface area contributed by atoms with Crippen LogP contribution in [-0.2, 0) is 0 Å². The Morgan fingerprint density at radius 1 is 0.737 bits per heavy atom. The molecule has 0 aliphatic heterocycles. The maximum Gasteiger partial charge on any atom is 0.472 e. The number of ether oxygens (including phenoxy) is 2. The summed E-state index contributed by atoms with van der Waals surface area (Å²) in [6.07, 6.45) is 0. The summed E-state index contributed by atoms with van der Waals surface area (Å²) in [5, 5.41) is 2.20. The third kappa shape index (κ3) is 3.09. The number of nitrogens with two attached hydrogens (primary N) is 1. The first-order valence-electron chi connectivity index (χ1n) is 6.36. The molecule has 0 bridgehead atoms. The summed E-state index contributed by atoms with van der Waals surface area (Å²) in [6.45, 7) is 0.289.